The first-order valence-electron chi connectivity index (χ1n) is 8.38. The van der Waals surface area contributed by atoms with Gasteiger partial charge in [-0.25, -0.2) is 4.98 Å². The predicted molar refractivity (Wildman–Crippen MR) is 90.8 cm³/mol. The van der Waals surface area contributed by atoms with Crippen LogP contribution in [0.5, 0.6) is 0 Å². The van der Waals surface area contributed by atoms with Crippen LogP contribution in [0.4, 0.5) is 11.6 Å². The van der Waals surface area contributed by atoms with Crippen molar-refractivity contribution < 1.29 is 0 Å². The molecule has 1 saturated heterocycles. The highest BCUT2D eigenvalue weighted by molar-refractivity contribution is 5.43. The number of fused-ring (bicyclic) bond motifs is 1. The number of pyridine rings is 1. The molecule has 1 aliphatic heterocycles. The second-order valence-corrected chi connectivity index (χ2v) is 6.02. The topological polar surface area (TPSA) is 84.1 Å². The number of nitrogens with zero attached hydrogens (tertiary/aromatic N) is 7. The fourth-order valence-corrected chi connectivity index (χ4v) is 2.94. The number of hydrogen-bond acceptors (Lipinski definition) is 7. The monoisotopic (exact) mass is 324 g/mol. The molecule has 0 spiro atoms. The number of tetrazole rings is 1. The maximum Gasteiger partial charge on any atom is 0.200 e. The highest BCUT2D eigenvalue weighted by Crippen LogP contribution is 2.17. The van der Waals surface area contributed by atoms with Crippen molar-refractivity contribution in [2.45, 2.75) is 32.2 Å². The van der Waals surface area contributed by atoms with Gasteiger partial charge in [0.15, 0.2) is 5.65 Å². The van der Waals surface area contributed by atoms with Gasteiger partial charge in [0.25, 0.3) is 0 Å². The van der Waals surface area contributed by atoms with Crippen molar-refractivity contribution in [1.29, 1.82) is 0 Å². The fraction of sp³-hybridized carbons (Fsp3) is 0.438. The van der Waals surface area contributed by atoms with E-state index in [-0.39, 0.29) is 0 Å². The van der Waals surface area contributed by atoms with E-state index in [2.05, 4.69) is 48.0 Å². The molecule has 8 heteroatoms. The Balaban J connectivity index is 1.39. The summed E-state index contributed by atoms with van der Waals surface area (Å²) in [6.45, 7) is 2.88. The second kappa shape index (κ2) is 6.77. The predicted octanol–water partition coefficient (Wildman–Crippen LogP) is 1.91. The number of aromatic nitrogens is 6. The lowest BCUT2D eigenvalue weighted by molar-refractivity contribution is 0.726. The Morgan fingerprint density at radius 2 is 1.88 bits per heavy atom. The van der Waals surface area contributed by atoms with E-state index >= 15 is 0 Å². The van der Waals surface area contributed by atoms with Crippen molar-refractivity contribution in [2.24, 2.45) is 0 Å². The minimum absolute atomic E-state index is 0.629. The first-order valence-corrected chi connectivity index (χ1v) is 8.38. The van der Waals surface area contributed by atoms with Crippen LogP contribution in [0.1, 0.15) is 31.2 Å². The van der Waals surface area contributed by atoms with Crippen molar-refractivity contribution in [3.05, 3.63) is 36.0 Å². The standard InChI is InChI=1S/C16H20N8/c1-2-4-10-23(9-3-1)15-7-5-13(12-18-15)11-17-14-6-8-16-19-21-22-24(16)20-14/h5-8,12H,1-4,9-11H2,(H,17,20). The van der Waals surface area contributed by atoms with Gasteiger partial charge < -0.3 is 10.2 Å². The van der Waals surface area contributed by atoms with Gasteiger partial charge in [-0.2, -0.15) is 0 Å². The smallest absolute Gasteiger partial charge is 0.200 e. The molecule has 0 aromatic carbocycles. The molecule has 1 N–H and O–H groups in total. The van der Waals surface area contributed by atoms with Gasteiger partial charge in [-0.15, -0.1) is 14.8 Å². The number of rotatable bonds is 4. The van der Waals surface area contributed by atoms with E-state index in [0.29, 0.717) is 12.2 Å². The van der Waals surface area contributed by atoms with Crippen LogP contribution in [0.25, 0.3) is 5.65 Å². The third-order valence-electron chi connectivity index (χ3n) is 4.28. The van der Waals surface area contributed by atoms with E-state index in [1.165, 1.54) is 30.3 Å². The Morgan fingerprint density at radius 1 is 1.00 bits per heavy atom. The Morgan fingerprint density at radius 3 is 2.67 bits per heavy atom. The molecule has 0 amide bonds. The van der Waals surface area contributed by atoms with Crippen molar-refractivity contribution in [1.82, 2.24) is 30.2 Å². The van der Waals surface area contributed by atoms with E-state index in [0.717, 1.165) is 30.3 Å². The molecule has 24 heavy (non-hydrogen) atoms. The van der Waals surface area contributed by atoms with Crippen molar-refractivity contribution in [3.63, 3.8) is 0 Å². The summed E-state index contributed by atoms with van der Waals surface area (Å²) in [4.78, 5) is 7.01. The van der Waals surface area contributed by atoms with Crippen molar-refractivity contribution in [2.75, 3.05) is 23.3 Å². The Hall–Kier alpha value is -2.77. The average molecular weight is 324 g/mol. The number of hydrogen-bond donors (Lipinski definition) is 1. The van der Waals surface area contributed by atoms with E-state index in [1.807, 2.05) is 18.3 Å². The fourth-order valence-electron chi connectivity index (χ4n) is 2.94. The molecule has 4 heterocycles. The highest BCUT2D eigenvalue weighted by Gasteiger charge is 2.10. The molecule has 1 aliphatic rings. The summed E-state index contributed by atoms with van der Waals surface area (Å²) in [6, 6.07) is 7.93. The summed E-state index contributed by atoms with van der Waals surface area (Å²) in [5.74, 6) is 1.81. The van der Waals surface area contributed by atoms with E-state index in [9.17, 15) is 0 Å². The first kappa shape index (κ1) is 14.8. The molecule has 3 aromatic heterocycles. The Labute approximate surface area is 139 Å². The van der Waals surface area contributed by atoms with E-state index in [4.69, 9.17) is 0 Å². The Kier molecular flexibility index (Phi) is 4.18. The summed E-state index contributed by atoms with van der Waals surface area (Å²) in [7, 11) is 0. The maximum absolute atomic E-state index is 4.63. The quantitative estimate of drug-likeness (QED) is 0.784. The van der Waals surface area contributed by atoms with E-state index < -0.39 is 0 Å². The van der Waals surface area contributed by atoms with Gasteiger partial charge in [-0.1, -0.05) is 18.9 Å². The van der Waals surface area contributed by atoms with Crippen LogP contribution in [0.3, 0.4) is 0 Å². The molecule has 0 saturated carbocycles. The zero-order chi connectivity index (χ0) is 16.2. The van der Waals surface area contributed by atoms with Crippen LogP contribution in [0.2, 0.25) is 0 Å². The highest BCUT2D eigenvalue weighted by atomic mass is 15.6. The molecule has 1 fully saturated rings. The third kappa shape index (κ3) is 3.27. The molecule has 3 aromatic rings. The van der Waals surface area contributed by atoms with Gasteiger partial charge in [0, 0.05) is 25.8 Å². The zero-order valence-electron chi connectivity index (χ0n) is 13.5. The van der Waals surface area contributed by atoms with Crippen LogP contribution in [0, 0.1) is 0 Å². The molecule has 8 nitrogen and oxygen atoms in total. The molecule has 0 bridgehead atoms. The molecule has 0 radical (unpaired) electrons. The van der Waals surface area contributed by atoms with Crippen LogP contribution in [-0.2, 0) is 6.54 Å². The Bertz CT molecular complexity index is 789. The first-order chi connectivity index (χ1) is 11.9. The van der Waals surface area contributed by atoms with Crippen molar-refractivity contribution >= 4 is 17.3 Å². The molecule has 0 unspecified atom stereocenters. The average Bonchev–Trinajstić information content (AvgIpc) is 2.92. The largest absolute Gasteiger partial charge is 0.364 e. The second-order valence-electron chi connectivity index (χ2n) is 6.02. The summed E-state index contributed by atoms with van der Waals surface area (Å²) >= 11 is 0. The summed E-state index contributed by atoms with van der Waals surface area (Å²) in [6.07, 6.45) is 7.11. The molecular weight excluding hydrogens is 304 g/mol. The van der Waals surface area contributed by atoms with Crippen LogP contribution in [0.15, 0.2) is 30.5 Å². The summed E-state index contributed by atoms with van der Waals surface area (Å²) < 4.78 is 1.41. The lowest BCUT2D eigenvalue weighted by Crippen LogP contribution is -2.24. The van der Waals surface area contributed by atoms with Crippen LogP contribution in [-0.4, -0.2) is 43.3 Å². The minimum Gasteiger partial charge on any atom is -0.364 e. The maximum atomic E-state index is 4.63. The molecular formula is C16H20N8. The lowest BCUT2D eigenvalue weighted by atomic mass is 10.2. The minimum atomic E-state index is 0.629. The third-order valence-corrected chi connectivity index (χ3v) is 4.28. The van der Waals surface area contributed by atoms with E-state index in [1.54, 1.807) is 0 Å². The van der Waals surface area contributed by atoms with Gasteiger partial charge in [-0.05, 0) is 47.0 Å². The SMILES string of the molecule is c1cc(N2CCCCCC2)ncc1CNc1ccc2nnnn2n1. The van der Waals surface area contributed by atoms with Gasteiger partial charge in [0.1, 0.15) is 11.6 Å². The number of nitrogens with one attached hydrogen (secondary N) is 1. The lowest BCUT2D eigenvalue weighted by Gasteiger charge is -2.21. The van der Waals surface area contributed by atoms with Gasteiger partial charge >= 0.3 is 0 Å². The van der Waals surface area contributed by atoms with Gasteiger partial charge in [-0.3, -0.25) is 0 Å². The molecule has 124 valence electrons. The van der Waals surface area contributed by atoms with Gasteiger partial charge in [0.2, 0.25) is 0 Å². The van der Waals surface area contributed by atoms with Crippen LogP contribution < -0.4 is 10.2 Å². The van der Waals surface area contributed by atoms with Gasteiger partial charge in [0.05, 0.1) is 0 Å². The summed E-state index contributed by atoms with van der Waals surface area (Å²) in [5, 5.41) is 18.8. The summed E-state index contributed by atoms with van der Waals surface area (Å²) in [5.41, 5.74) is 1.75. The van der Waals surface area contributed by atoms with Crippen LogP contribution >= 0.6 is 0 Å². The normalized spacial score (nSPS) is 15.4. The molecule has 0 aliphatic carbocycles. The van der Waals surface area contributed by atoms with Crippen molar-refractivity contribution in [3.8, 4) is 0 Å². The molecule has 0 atom stereocenters. The zero-order valence-corrected chi connectivity index (χ0v) is 13.5. The number of anilines is 2. The molecule has 4 rings (SSSR count).